The Kier molecular flexibility index (Phi) is 4.64. The molecule has 4 nitrogen and oxygen atoms in total. The van der Waals surface area contributed by atoms with Crippen molar-refractivity contribution in [2.45, 2.75) is 12.2 Å². The summed E-state index contributed by atoms with van der Waals surface area (Å²) in [6, 6.07) is 7.83. The van der Waals surface area contributed by atoms with Crippen LogP contribution in [0, 0.1) is 0 Å². The van der Waals surface area contributed by atoms with Gasteiger partial charge in [-0.15, -0.1) is 0 Å². The molecule has 21 heavy (non-hydrogen) atoms. The number of rotatable bonds is 4. The zero-order valence-electron chi connectivity index (χ0n) is 10.6. The number of benzene rings is 1. The second kappa shape index (κ2) is 6.28. The SMILES string of the molecule is OCC(Nc1nc(Cl)ncc1C(F)(F)F)c1ccccc1. The minimum atomic E-state index is -4.62. The summed E-state index contributed by atoms with van der Waals surface area (Å²) in [5.74, 6) is -0.467. The lowest BCUT2D eigenvalue weighted by molar-refractivity contribution is -0.137. The summed E-state index contributed by atoms with van der Waals surface area (Å²) < 4.78 is 38.7. The molecule has 1 aromatic carbocycles. The Morgan fingerprint density at radius 2 is 1.90 bits per heavy atom. The number of anilines is 1. The van der Waals surface area contributed by atoms with Crippen molar-refractivity contribution in [3.63, 3.8) is 0 Å². The quantitative estimate of drug-likeness (QED) is 0.850. The zero-order valence-corrected chi connectivity index (χ0v) is 11.4. The maximum absolute atomic E-state index is 12.9. The average Bonchev–Trinajstić information content (AvgIpc) is 2.44. The Labute approximate surface area is 123 Å². The molecule has 0 fully saturated rings. The van der Waals surface area contributed by atoms with Crippen molar-refractivity contribution in [3.8, 4) is 0 Å². The van der Waals surface area contributed by atoms with E-state index in [-0.39, 0.29) is 5.28 Å². The van der Waals surface area contributed by atoms with Gasteiger partial charge < -0.3 is 10.4 Å². The van der Waals surface area contributed by atoms with Gasteiger partial charge in [-0.05, 0) is 17.2 Å². The van der Waals surface area contributed by atoms with Crippen LogP contribution in [0.3, 0.4) is 0 Å². The zero-order chi connectivity index (χ0) is 15.5. The van der Waals surface area contributed by atoms with E-state index in [2.05, 4.69) is 15.3 Å². The Balaban J connectivity index is 2.35. The number of nitrogens with zero attached hydrogens (tertiary/aromatic N) is 2. The highest BCUT2D eigenvalue weighted by molar-refractivity contribution is 6.28. The van der Waals surface area contributed by atoms with Gasteiger partial charge >= 0.3 is 6.18 Å². The van der Waals surface area contributed by atoms with Crippen LogP contribution in [0.15, 0.2) is 36.5 Å². The van der Waals surface area contributed by atoms with Crippen LogP contribution in [0.25, 0.3) is 0 Å². The van der Waals surface area contributed by atoms with Gasteiger partial charge in [0.05, 0.1) is 12.6 Å². The predicted octanol–water partition coefficient (Wildman–Crippen LogP) is 3.29. The molecule has 0 saturated heterocycles. The lowest BCUT2D eigenvalue weighted by Gasteiger charge is -2.20. The lowest BCUT2D eigenvalue weighted by Crippen LogP contribution is -2.19. The fourth-order valence-corrected chi connectivity index (χ4v) is 1.90. The number of aliphatic hydroxyl groups excluding tert-OH is 1. The van der Waals surface area contributed by atoms with Crippen LogP contribution in [0.1, 0.15) is 17.2 Å². The van der Waals surface area contributed by atoms with E-state index in [1.165, 1.54) is 0 Å². The first-order valence-corrected chi connectivity index (χ1v) is 6.31. The number of halogens is 4. The highest BCUT2D eigenvalue weighted by Gasteiger charge is 2.35. The summed E-state index contributed by atoms with van der Waals surface area (Å²) >= 11 is 5.55. The fraction of sp³-hybridized carbons (Fsp3) is 0.231. The normalized spacial score (nSPS) is 13.0. The van der Waals surface area contributed by atoms with E-state index in [4.69, 9.17) is 11.6 Å². The van der Waals surface area contributed by atoms with Crippen molar-refractivity contribution in [1.29, 1.82) is 0 Å². The molecule has 1 aromatic heterocycles. The minimum Gasteiger partial charge on any atom is -0.394 e. The third-order valence-electron chi connectivity index (χ3n) is 2.76. The maximum Gasteiger partial charge on any atom is 0.421 e. The molecule has 2 aromatic rings. The van der Waals surface area contributed by atoms with Crippen LogP contribution in [0.5, 0.6) is 0 Å². The minimum absolute atomic E-state index is 0.310. The van der Waals surface area contributed by atoms with E-state index in [9.17, 15) is 18.3 Å². The van der Waals surface area contributed by atoms with Crippen LogP contribution in [-0.4, -0.2) is 21.7 Å². The maximum atomic E-state index is 12.9. The van der Waals surface area contributed by atoms with Crippen molar-refractivity contribution in [1.82, 2.24) is 9.97 Å². The smallest absolute Gasteiger partial charge is 0.394 e. The van der Waals surface area contributed by atoms with Gasteiger partial charge in [0, 0.05) is 6.20 Å². The second-order valence-electron chi connectivity index (χ2n) is 4.19. The van der Waals surface area contributed by atoms with Crippen LogP contribution in [-0.2, 0) is 6.18 Å². The molecule has 8 heteroatoms. The molecular weight excluding hydrogens is 307 g/mol. The van der Waals surface area contributed by atoms with Crippen LogP contribution in [0.2, 0.25) is 5.28 Å². The van der Waals surface area contributed by atoms with Gasteiger partial charge in [0.15, 0.2) is 0 Å². The largest absolute Gasteiger partial charge is 0.421 e. The monoisotopic (exact) mass is 317 g/mol. The topological polar surface area (TPSA) is 58.0 Å². The molecule has 0 aliphatic carbocycles. The Hall–Kier alpha value is -1.86. The standard InChI is InChI=1S/C13H11ClF3N3O/c14-12-18-6-9(13(15,16)17)11(20-12)19-10(7-21)8-4-2-1-3-5-8/h1-6,10,21H,7H2,(H,18,19,20). The summed E-state index contributed by atoms with van der Waals surface area (Å²) in [6.45, 7) is -0.400. The highest BCUT2D eigenvalue weighted by Crippen LogP contribution is 2.35. The van der Waals surface area contributed by atoms with E-state index in [0.717, 1.165) is 0 Å². The molecule has 2 rings (SSSR count). The molecule has 0 aliphatic rings. The number of nitrogens with one attached hydrogen (secondary N) is 1. The predicted molar refractivity (Wildman–Crippen MR) is 71.9 cm³/mol. The molecule has 112 valence electrons. The van der Waals surface area contributed by atoms with E-state index in [1.807, 2.05) is 0 Å². The molecule has 0 aliphatic heterocycles. The van der Waals surface area contributed by atoms with Gasteiger partial charge in [-0.1, -0.05) is 30.3 Å². The molecule has 0 radical (unpaired) electrons. The molecule has 0 bridgehead atoms. The first-order chi connectivity index (χ1) is 9.91. The van der Waals surface area contributed by atoms with E-state index >= 15 is 0 Å². The van der Waals surface area contributed by atoms with E-state index < -0.39 is 30.2 Å². The van der Waals surface area contributed by atoms with Gasteiger partial charge in [0.1, 0.15) is 11.4 Å². The first kappa shape index (κ1) is 15.5. The number of alkyl halides is 3. The summed E-state index contributed by atoms with van der Waals surface area (Å²) in [6.07, 6.45) is -4.01. The van der Waals surface area contributed by atoms with Crippen molar-refractivity contribution in [2.75, 3.05) is 11.9 Å². The van der Waals surface area contributed by atoms with Gasteiger partial charge in [-0.25, -0.2) is 9.97 Å². The number of aliphatic hydroxyl groups is 1. The number of hydrogen-bond donors (Lipinski definition) is 2. The second-order valence-corrected chi connectivity index (χ2v) is 4.53. The van der Waals surface area contributed by atoms with Crippen molar-refractivity contribution in [2.24, 2.45) is 0 Å². The molecule has 1 heterocycles. The molecule has 0 saturated carbocycles. The Morgan fingerprint density at radius 1 is 1.24 bits per heavy atom. The first-order valence-electron chi connectivity index (χ1n) is 5.94. The molecular formula is C13H11ClF3N3O. The molecule has 2 N–H and O–H groups in total. The van der Waals surface area contributed by atoms with Crippen LogP contribution >= 0.6 is 11.6 Å². The summed E-state index contributed by atoms with van der Waals surface area (Å²) in [7, 11) is 0. The van der Waals surface area contributed by atoms with Gasteiger partial charge in [0.2, 0.25) is 5.28 Å². The molecule has 0 amide bonds. The highest BCUT2D eigenvalue weighted by atomic mass is 35.5. The third kappa shape index (κ3) is 3.83. The van der Waals surface area contributed by atoms with Gasteiger partial charge in [-0.2, -0.15) is 13.2 Å². The van der Waals surface area contributed by atoms with Crippen molar-refractivity contribution >= 4 is 17.4 Å². The van der Waals surface area contributed by atoms with Crippen LogP contribution < -0.4 is 5.32 Å². The lowest BCUT2D eigenvalue weighted by atomic mass is 10.1. The summed E-state index contributed by atoms with van der Waals surface area (Å²) in [5.41, 5.74) is -0.413. The molecule has 0 spiro atoms. The third-order valence-corrected chi connectivity index (χ3v) is 2.94. The summed E-state index contributed by atoms with van der Waals surface area (Å²) in [5, 5.41) is 11.6. The van der Waals surface area contributed by atoms with E-state index in [0.29, 0.717) is 11.8 Å². The number of hydrogen-bond acceptors (Lipinski definition) is 4. The molecule has 1 unspecified atom stereocenters. The van der Waals surface area contributed by atoms with E-state index in [1.54, 1.807) is 30.3 Å². The molecule has 1 atom stereocenters. The Bertz CT molecular complexity index is 607. The van der Waals surface area contributed by atoms with Crippen molar-refractivity contribution < 1.29 is 18.3 Å². The van der Waals surface area contributed by atoms with Crippen LogP contribution in [0.4, 0.5) is 19.0 Å². The van der Waals surface area contributed by atoms with Gasteiger partial charge in [0.25, 0.3) is 0 Å². The number of aromatic nitrogens is 2. The Morgan fingerprint density at radius 3 is 2.48 bits per heavy atom. The van der Waals surface area contributed by atoms with Gasteiger partial charge in [-0.3, -0.25) is 0 Å². The van der Waals surface area contributed by atoms with Crippen molar-refractivity contribution in [3.05, 3.63) is 52.9 Å². The average molecular weight is 318 g/mol. The summed E-state index contributed by atoms with van der Waals surface area (Å²) in [4.78, 5) is 6.91. The fourth-order valence-electron chi connectivity index (χ4n) is 1.76.